The molecule has 3 aromatic rings. The van der Waals surface area contributed by atoms with E-state index in [-0.39, 0.29) is 5.91 Å². The maximum atomic E-state index is 12.0. The predicted octanol–water partition coefficient (Wildman–Crippen LogP) is 4.59. The number of carbonyl (C=O) groups is 1. The smallest absolute Gasteiger partial charge is 0.272 e. The molecule has 0 aliphatic heterocycles. The van der Waals surface area contributed by atoms with Crippen molar-refractivity contribution in [2.24, 2.45) is 5.10 Å². The highest BCUT2D eigenvalue weighted by molar-refractivity contribution is 9.10. The van der Waals surface area contributed by atoms with Crippen molar-refractivity contribution in [1.29, 1.82) is 0 Å². The first-order chi connectivity index (χ1) is 14.2. The molecule has 0 fully saturated rings. The summed E-state index contributed by atoms with van der Waals surface area (Å²) in [6.45, 7) is 2.85. The molecule has 148 valence electrons. The van der Waals surface area contributed by atoms with Crippen LogP contribution in [0, 0.1) is 0 Å². The Hall–Kier alpha value is -3.19. The first-order valence-electron chi connectivity index (χ1n) is 9.03. The lowest BCUT2D eigenvalue weighted by atomic mass is 10.2. The van der Waals surface area contributed by atoms with Crippen molar-refractivity contribution in [3.05, 3.63) is 88.2 Å². The Morgan fingerprint density at radius 2 is 1.97 bits per heavy atom. The van der Waals surface area contributed by atoms with Gasteiger partial charge in [0.2, 0.25) is 0 Å². The number of halogens is 1. The van der Waals surface area contributed by atoms with Gasteiger partial charge in [0.15, 0.2) is 11.5 Å². The first-order valence-corrected chi connectivity index (χ1v) is 9.82. The molecule has 0 saturated heterocycles. The summed E-state index contributed by atoms with van der Waals surface area (Å²) >= 11 is 3.42. The largest absolute Gasteiger partial charge is 0.490 e. The Bertz CT molecular complexity index is 976. The second-order valence-electron chi connectivity index (χ2n) is 6.00. The van der Waals surface area contributed by atoms with Gasteiger partial charge in [0, 0.05) is 16.9 Å². The molecule has 6 nitrogen and oxygen atoms in total. The third-order valence-electron chi connectivity index (χ3n) is 3.88. The van der Waals surface area contributed by atoms with Gasteiger partial charge >= 0.3 is 0 Å². The van der Waals surface area contributed by atoms with Crippen molar-refractivity contribution < 1.29 is 14.3 Å². The number of hydrogen-bond donors (Lipinski definition) is 1. The van der Waals surface area contributed by atoms with E-state index in [4.69, 9.17) is 9.47 Å². The van der Waals surface area contributed by atoms with Crippen LogP contribution in [-0.4, -0.2) is 23.7 Å². The minimum absolute atomic E-state index is 0.325. The molecule has 1 heterocycles. The predicted molar refractivity (Wildman–Crippen MR) is 115 cm³/mol. The van der Waals surface area contributed by atoms with Crippen molar-refractivity contribution in [1.82, 2.24) is 10.4 Å². The van der Waals surface area contributed by atoms with Crippen LogP contribution in [0.3, 0.4) is 0 Å². The number of aromatic nitrogens is 1. The summed E-state index contributed by atoms with van der Waals surface area (Å²) in [5.41, 5.74) is 4.75. The molecule has 0 bridgehead atoms. The van der Waals surface area contributed by atoms with E-state index >= 15 is 0 Å². The minimum atomic E-state index is -0.325. The Kier molecular flexibility index (Phi) is 7.35. The summed E-state index contributed by atoms with van der Waals surface area (Å²) in [6.07, 6.45) is 4.64. The van der Waals surface area contributed by atoms with Crippen molar-refractivity contribution in [3.63, 3.8) is 0 Å². The SMILES string of the molecule is CCOc1cc(/C=N\NC(=O)c2cccnc2)ccc1OCc1ccc(Br)cc1. The van der Waals surface area contributed by atoms with Crippen molar-refractivity contribution >= 4 is 28.1 Å². The van der Waals surface area contributed by atoms with E-state index < -0.39 is 0 Å². The summed E-state index contributed by atoms with van der Waals surface area (Å²) in [5.74, 6) is 0.937. The second kappa shape index (κ2) is 10.4. The molecule has 7 heteroatoms. The van der Waals surface area contributed by atoms with Crippen molar-refractivity contribution in [3.8, 4) is 11.5 Å². The average Bonchev–Trinajstić information content (AvgIpc) is 2.75. The zero-order valence-electron chi connectivity index (χ0n) is 15.8. The number of nitrogens with zero attached hydrogens (tertiary/aromatic N) is 2. The highest BCUT2D eigenvalue weighted by Crippen LogP contribution is 2.29. The fourth-order valence-corrected chi connectivity index (χ4v) is 2.73. The van der Waals surface area contributed by atoms with Gasteiger partial charge in [-0.15, -0.1) is 0 Å². The van der Waals surface area contributed by atoms with Crippen LogP contribution < -0.4 is 14.9 Å². The molecule has 0 saturated carbocycles. The van der Waals surface area contributed by atoms with Gasteiger partial charge in [0.1, 0.15) is 6.61 Å². The Morgan fingerprint density at radius 1 is 1.14 bits per heavy atom. The van der Waals surface area contributed by atoms with Crippen LogP contribution in [0.25, 0.3) is 0 Å². The van der Waals surface area contributed by atoms with E-state index in [1.54, 1.807) is 24.5 Å². The molecular weight excluding hydrogens is 434 g/mol. The molecule has 2 aromatic carbocycles. The molecular formula is C22H20BrN3O3. The number of ether oxygens (including phenoxy) is 2. The highest BCUT2D eigenvalue weighted by atomic mass is 79.9. The van der Waals surface area contributed by atoms with E-state index in [2.05, 4.69) is 31.4 Å². The maximum absolute atomic E-state index is 12.0. The number of nitrogens with one attached hydrogen (secondary N) is 1. The van der Waals surface area contributed by atoms with Crippen LogP contribution in [0.2, 0.25) is 0 Å². The molecule has 0 aliphatic carbocycles. The summed E-state index contributed by atoms with van der Waals surface area (Å²) in [5, 5.41) is 4.00. The zero-order chi connectivity index (χ0) is 20.5. The maximum Gasteiger partial charge on any atom is 0.272 e. The monoisotopic (exact) mass is 453 g/mol. The number of carbonyl (C=O) groups excluding carboxylic acids is 1. The number of pyridine rings is 1. The van der Waals surface area contributed by atoms with Crippen molar-refractivity contribution in [2.45, 2.75) is 13.5 Å². The van der Waals surface area contributed by atoms with Crippen LogP contribution in [0.4, 0.5) is 0 Å². The van der Waals surface area contributed by atoms with Gasteiger partial charge in [0.05, 0.1) is 18.4 Å². The van der Waals surface area contributed by atoms with E-state index in [1.165, 1.54) is 6.20 Å². The molecule has 0 atom stereocenters. The molecule has 1 aromatic heterocycles. The van der Waals surface area contributed by atoms with Gasteiger partial charge < -0.3 is 9.47 Å². The summed E-state index contributed by atoms with van der Waals surface area (Å²) < 4.78 is 12.6. The lowest BCUT2D eigenvalue weighted by Gasteiger charge is -2.12. The van der Waals surface area contributed by atoms with E-state index in [0.29, 0.717) is 30.3 Å². The number of benzene rings is 2. The number of amides is 1. The lowest BCUT2D eigenvalue weighted by molar-refractivity contribution is 0.0955. The molecule has 1 N–H and O–H groups in total. The van der Waals surface area contributed by atoms with Crippen molar-refractivity contribution in [2.75, 3.05) is 6.61 Å². The topological polar surface area (TPSA) is 72.8 Å². The van der Waals surface area contributed by atoms with E-state index in [9.17, 15) is 4.79 Å². The Balaban J connectivity index is 1.65. The van der Waals surface area contributed by atoms with Crippen LogP contribution in [0.15, 0.2) is 76.6 Å². The van der Waals surface area contributed by atoms with Crippen LogP contribution in [0.1, 0.15) is 28.4 Å². The van der Waals surface area contributed by atoms with Gasteiger partial charge in [0.25, 0.3) is 5.91 Å². The van der Waals surface area contributed by atoms with Gasteiger partial charge in [-0.3, -0.25) is 9.78 Å². The van der Waals surface area contributed by atoms with E-state index in [1.807, 2.05) is 49.4 Å². The molecule has 29 heavy (non-hydrogen) atoms. The molecule has 1 amide bonds. The fourth-order valence-electron chi connectivity index (χ4n) is 2.46. The third-order valence-corrected chi connectivity index (χ3v) is 4.41. The number of hydrogen-bond acceptors (Lipinski definition) is 5. The fraction of sp³-hybridized carbons (Fsp3) is 0.136. The standard InChI is InChI=1S/C22H20BrN3O3/c1-2-28-21-12-17(13-25-26-22(27)18-4-3-11-24-14-18)7-10-20(21)29-15-16-5-8-19(23)9-6-16/h3-14H,2,15H2,1H3,(H,26,27)/b25-13-. The van der Waals surface area contributed by atoms with Crippen LogP contribution >= 0.6 is 15.9 Å². The second-order valence-corrected chi connectivity index (χ2v) is 6.91. The highest BCUT2D eigenvalue weighted by Gasteiger charge is 2.07. The normalized spacial score (nSPS) is 10.7. The van der Waals surface area contributed by atoms with E-state index in [0.717, 1.165) is 15.6 Å². The Morgan fingerprint density at radius 3 is 2.69 bits per heavy atom. The molecule has 0 aliphatic rings. The quantitative estimate of drug-likeness (QED) is 0.399. The van der Waals surface area contributed by atoms with Crippen LogP contribution in [-0.2, 0) is 6.61 Å². The molecule has 3 rings (SSSR count). The molecule has 0 spiro atoms. The van der Waals surface area contributed by atoms with Gasteiger partial charge in [-0.1, -0.05) is 28.1 Å². The van der Waals surface area contributed by atoms with Gasteiger partial charge in [-0.05, 0) is 60.5 Å². The summed E-state index contributed by atoms with van der Waals surface area (Å²) in [4.78, 5) is 15.9. The van der Waals surface area contributed by atoms with Gasteiger partial charge in [-0.25, -0.2) is 5.43 Å². The summed E-state index contributed by atoms with van der Waals surface area (Å²) in [7, 11) is 0. The summed E-state index contributed by atoms with van der Waals surface area (Å²) in [6, 6.07) is 16.8. The molecule has 0 unspecified atom stereocenters. The first kappa shape index (κ1) is 20.5. The minimum Gasteiger partial charge on any atom is -0.490 e. The Labute approximate surface area is 177 Å². The zero-order valence-corrected chi connectivity index (χ0v) is 17.4. The average molecular weight is 454 g/mol. The van der Waals surface area contributed by atoms with Crippen LogP contribution in [0.5, 0.6) is 11.5 Å². The lowest BCUT2D eigenvalue weighted by Crippen LogP contribution is -2.17. The molecule has 0 radical (unpaired) electrons. The number of hydrazone groups is 1. The number of rotatable bonds is 8. The third kappa shape index (κ3) is 6.15. The van der Waals surface area contributed by atoms with Gasteiger partial charge in [-0.2, -0.15) is 5.10 Å².